The molecular formula is C21H22FN3. The lowest BCUT2D eigenvalue weighted by Crippen LogP contribution is -2.23. The lowest BCUT2D eigenvalue weighted by atomic mass is 9.89. The van der Waals surface area contributed by atoms with E-state index in [1.54, 1.807) is 24.4 Å². The van der Waals surface area contributed by atoms with Crippen molar-refractivity contribution in [2.75, 3.05) is 19.6 Å². The molecule has 0 amide bonds. The molecule has 2 atom stereocenters. The fourth-order valence-corrected chi connectivity index (χ4v) is 3.97. The fraction of sp³-hybridized carbons (Fsp3) is 0.286. The highest BCUT2D eigenvalue weighted by atomic mass is 19.1. The largest absolute Gasteiger partial charge is 0.330 e. The van der Waals surface area contributed by atoms with Gasteiger partial charge in [-0.25, -0.2) is 4.39 Å². The lowest BCUT2D eigenvalue weighted by molar-refractivity contribution is 0.318. The smallest absolute Gasteiger partial charge is 0.132 e. The van der Waals surface area contributed by atoms with Crippen molar-refractivity contribution in [1.82, 2.24) is 9.88 Å². The third-order valence-corrected chi connectivity index (χ3v) is 5.24. The van der Waals surface area contributed by atoms with Crippen molar-refractivity contribution in [3.05, 3.63) is 77.7 Å². The van der Waals surface area contributed by atoms with E-state index in [1.807, 2.05) is 12.1 Å². The molecule has 3 nitrogen and oxygen atoms in total. The highest BCUT2D eigenvalue weighted by Gasteiger charge is 2.32. The van der Waals surface area contributed by atoms with Gasteiger partial charge in [0, 0.05) is 37.1 Å². The Hall–Kier alpha value is -2.30. The molecule has 0 unspecified atom stereocenters. The summed E-state index contributed by atoms with van der Waals surface area (Å²) in [5.41, 5.74) is 9.22. The molecule has 1 aromatic heterocycles. The van der Waals surface area contributed by atoms with Gasteiger partial charge in [0.1, 0.15) is 5.82 Å². The van der Waals surface area contributed by atoms with Gasteiger partial charge in [-0.1, -0.05) is 36.4 Å². The maximum absolute atomic E-state index is 14.0. The number of rotatable bonds is 4. The Morgan fingerprint density at radius 1 is 1.04 bits per heavy atom. The number of benzene rings is 2. The Morgan fingerprint density at radius 3 is 2.68 bits per heavy atom. The molecule has 0 saturated carbocycles. The van der Waals surface area contributed by atoms with Crippen LogP contribution in [0.25, 0.3) is 10.9 Å². The molecule has 1 aliphatic rings. The first-order valence-corrected chi connectivity index (χ1v) is 8.75. The Kier molecular flexibility index (Phi) is 4.47. The van der Waals surface area contributed by atoms with Crippen molar-refractivity contribution in [2.24, 2.45) is 11.7 Å². The van der Waals surface area contributed by atoms with Gasteiger partial charge in [0.25, 0.3) is 0 Å². The van der Waals surface area contributed by atoms with E-state index < -0.39 is 0 Å². The summed E-state index contributed by atoms with van der Waals surface area (Å²) in [5, 5.41) is 0.592. The van der Waals surface area contributed by atoms with Crippen molar-refractivity contribution in [1.29, 1.82) is 0 Å². The predicted octanol–water partition coefficient (Wildman–Crippen LogP) is 3.55. The SMILES string of the molecule is NC[C@@H]1CN(Cc2ccc(F)c3cccnc23)C[C@H]1c1ccccc1. The third kappa shape index (κ3) is 3.15. The highest BCUT2D eigenvalue weighted by molar-refractivity contribution is 5.82. The van der Waals surface area contributed by atoms with Gasteiger partial charge >= 0.3 is 0 Å². The predicted molar refractivity (Wildman–Crippen MR) is 98.7 cm³/mol. The molecule has 1 fully saturated rings. The summed E-state index contributed by atoms with van der Waals surface area (Å²) < 4.78 is 14.0. The first kappa shape index (κ1) is 16.2. The Bertz CT molecular complexity index is 865. The molecule has 0 aliphatic carbocycles. The zero-order valence-electron chi connectivity index (χ0n) is 14.1. The molecule has 0 spiro atoms. The summed E-state index contributed by atoms with van der Waals surface area (Å²) in [6.07, 6.45) is 1.73. The van der Waals surface area contributed by atoms with Gasteiger partial charge in [0.05, 0.1) is 5.52 Å². The van der Waals surface area contributed by atoms with E-state index in [9.17, 15) is 4.39 Å². The van der Waals surface area contributed by atoms with Crippen molar-refractivity contribution in [3.63, 3.8) is 0 Å². The van der Waals surface area contributed by atoms with Crippen LogP contribution in [0.2, 0.25) is 0 Å². The van der Waals surface area contributed by atoms with Gasteiger partial charge in [0.15, 0.2) is 0 Å². The van der Waals surface area contributed by atoms with Crippen LogP contribution < -0.4 is 5.73 Å². The summed E-state index contributed by atoms with van der Waals surface area (Å²) in [7, 11) is 0. The second-order valence-corrected chi connectivity index (χ2v) is 6.81. The number of likely N-dealkylation sites (tertiary alicyclic amines) is 1. The zero-order chi connectivity index (χ0) is 17.2. The molecule has 3 aromatic rings. The van der Waals surface area contributed by atoms with Crippen molar-refractivity contribution < 1.29 is 4.39 Å². The molecule has 25 heavy (non-hydrogen) atoms. The van der Waals surface area contributed by atoms with Gasteiger partial charge in [-0.05, 0) is 41.8 Å². The van der Waals surface area contributed by atoms with E-state index in [2.05, 4.69) is 34.1 Å². The van der Waals surface area contributed by atoms with E-state index in [1.165, 1.54) is 5.56 Å². The number of nitrogens with two attached hydrogens (primary N) is 1. The lowest BCUT2D eigenvalue weighted by Gasteiger charge is -2.17. The van der Waals surface area contributed by atoms with E-state index >= 15 is 0 Å². The molecule has 1 saturated heterocycles. The number of pyridine rings is 1. The van der Waals surface area contributed by atoms with Crippen LogP contribution in [-0.2, 0) is 6.54 Å². The molecule has 4 heteroatoms. The van der Waals surface area contributed by atoms with Crippen LogP contribution in [-0.4, -0.2) is 29.5 Å². The Morgan fingerprint density at radius 2 is 1.88 bits per heavy atom. The molecule has 4 rings (SSSR count). The third-order valence-electron chi connectivity index (χ3n) is 5.24. The molecule has 2 N–H and O–H groups in total. The van der Waals surface area contributed by atoms with Gasteiger partial charge in [-0.15, -0.1) is 0 Å². The summed E-state index contributed by atoms with van der Waals surface area (Å²) in [6.45, 7) is 3.38. The van der Waals surface area contributed by atoms with Crippen molar-refractivity contribution in [3.8, 4) is 0 Å². The van der Waals surface area contributed by atoms with Crippen LogP contribution >= 0.6 is 0 Å². The van der Waals surface area contributed by atoms with Gasteiger partial charge in [0.2, 0.25) is 0 Å². The van der Waals surface area contributed by atoms with E-state index in [4.69, 9.17) is 5.73 Å². The van der Waals surface area contributed by atoms with Gasteiger partial charge < -0.3 is 5.73 Å². The van der Waals surface area contributed by atoms with E-state index in [-0.39, 0.29) is 5.82 Å². The van der Waals surface area contributed by atoms with Crippen molar-refractivity contribution >= 4 is 10.9 Å². The number of hydrogen-bond acceptors (Lipinski definition) is 3. The molecule has 128 valence electrons. The van der Waals surface area contributed by atoms with E-state index in [0.29, 0.717) is 23.8 Å². The maximum Gasteiger partial charge on any atom is 0.132 e. The number of fused-ring (bicyclic) bond motifs is 1. The number of nitrogens with zero attached hydrogens (tertiary/aromatic N) is 2. The summed E-state index contributed by atoms with van der Waals surface area (Å²) in [5.74, 6) is 0.684. The molecule has 2 heterocycles. The van der Waals surface area contributed by atoms with Crippen LogP contribution in [0.4, 0.5) is 4.39 Å². The monoisotopic (exact) mass is 335 g/mol. The molecule has 2 aromatic carbocycles. The van der Waals surface area contributed by atoms with Gasteiger partial charge in [-0.2, -0.15) is 0 Å². The minimum atomic E-state index is -0.213. The highest BCUT2D eigenvalue weighted by Crippen LogP contribution is 2.33. The van der Waals surface area contributed by atoms with Crippen LogP contribution in [0.5, 0.6) is 0 Å². The normalized spacial score (nSPS) is 21.0. The minimum absolute atomic E-state index is 0.213. The number of halogens is 1. The average molecular weight is 335 g/mol. The van der Waals surface area contributed by atoms with Crippen LogP contribution in [0.15, 0.2) is 60.8 Å². The zero-order valence-corrected chi connectivity index (χ0v) is 14.1. The minimum Gasteiger partial charge on any atom is -0.330 e. The quantitative estimate of drug-likeness (QED) is 0.793. The molecule has 1 aliphatic heterocycles. The molecular weight excluding hydrogens is 313 g/mol. The Labute approximate surface area is 147 Å². The van der Waals surface area contributed by atoms with Crippen LogP contribution in [0.1, 0.15) is 17.0 Å². The van der Waals surface area contributed by atoms with Gasteiger partial charge in [-0.3, -0.25) is 9.88 Å². The summed E-state index contributed by atoms with van der Waals surface area (Å²) >= 11 is 0. The Balaban J connectivity index is 1.59. The number of hydrogen-bond donors (Lipinski definition) is 1. The molecule has 0 radical (unpaired) electrons. The summed E-state index contributed by atoms with van der Waals surface area (Å²) in [6, 6.07) is 17.6. The first-order chi connectivity index (χ1) is 12.3. The van der Waals surface area contributed by atoms with Crippen LogP contribution in [0, 0.1) is 11.7 Å². The second kappa shape index (κ2) is 6.90. The average Bonchev–Trinajstić information content (AvgIpc) is 3.08. The number of aromatic nitrogens is 1. The first-order valence-electron chi connectivity index (χ1n) is 8.75. The fourth-order valence-electron chi connectivity index (χ4n) is 3.97. The topological polar surface area (TPSA) is 42.1 Å². The van der Waals surface area contributed by atoms with Crippen molar-refractivity contribution in [2.45, 2.75) is 12.5 Å². The maximum atomic E-state index is 14.0. The summed E-state index contributed by atoms with van der Waals surface area (Å²) in [4.78, 5) is 6.82. The standard InChI is InChI=1S/C21H22FN3/c22-20-9-8-16(21-18(20)7-4-10-24-21)12-25-13-17(11-23)19(14-25)15-5-2-1-3-6-15/h1-10,17,19H,11-14,23H2/t17-,19+/m1/s1. The van der Waals surface area contributed by atoms with E-state index in [0.717, 1.165) is 30.7 Å². The molecule has 0 bridgehead atoms. The van der Waals surface area contributed by atoms with Crippen LogP contribution in [0.3, 0.4) is 0 Å². The second-order valence-electron chi connectivity index (χ2n) is 6.81.